The van der Waals surface area contributed by atoms with Gasteiger partial charge < -0.3 is 10.4 Å². The molecule has 2 fully saturated rings. The van der Waals surface area contributed by atoms with Gasteiger partial charge in [0.1, 0.15) is 5.75 Å². The molecule has 0 aliphatic carbocycles. The van der Waals surface area contributed by atoms with E-state index < -0.39 is 0 Å². The Labute approximate surface area is 102 Å². The highest BCUT2D eigenvalue weighted by atomic mass is 16.3. The molecule has 92 valence electrons. The van der Waals surface area contributed by atoms with Crippen LogP contribution in [0, 0.1) is 5.92 Å². The van der Waals surface area contributed by atoms with Gasteiger partial charge in [0.2, 0.25) is 0 Å². The van der Waals surface area contributed by atoms with E-state index in [0.29, 0.717) is 5.75 Å². The van der Waals surface area contributed by atoms with Crippen molar-refractivity contribution in [2.24, 2.45) is 5.92 Å². The summed E-state index contributed by atoms with van der Waals surface area (Å²) < 4.78 is 0. The number of nitrogens with one attached hydrogen (secondary N) is 1. The van der Waals surface area contributed by atoms with Gasteiger partial charge in [-0.1, -0.05) is 12.1 Å². The first-order valence-electron chi connectivity index (χ1n) is 6.55. The second-order valence-electron chi connectivity index (χ2n) is 5.26. The lowest BCUT2D eigenvalue weighted by molar-refractivity contribution is 0.117. The highest BCUT2D eigenvalue weighted by Gasteiger charge is 2.34. The number of hydrogen-bond acceptors (Lipinski definition) is 3. The summed E-state index contributed by atoms with van der Waals surface area (Å²) in [6.07, 6.45) is 2.70. The number of piperidine rings is 1. The molecule has 2 aliphatic rings. The fourth-order valence-corrected chi connectivity index (χ4v) is 3.20. The number of likely N-dealkylation sites (tertiary alicyclic amines) is 1. The largest absolute Gasteiger partial charge is 0.508 e. The van der Waals surface area contributed by atoms with Crippen LogP contribution in [-0.4, -0.2) is 35.7 Å². The molecular formula is C14H20N2O. The predicted octanol–water partition coefficient (Wildman–Crippen LogP) is 1.58. The molecule has 0 radical (unpaired) electrons. The van der Waals surface area contributed by atoms with Crippen LogP contribution in [0.4, 0.5) is 0 Å². The van der Waals surface area contributed by atoms with E-state index in [1.165, 1.54) is 31.5 Å². The second-order valence-corrected chi connectivity index (χ2v) is 5.26. The zero-order chi connectivity index (χ0) is 11.7. The number of nitrogens with zero attached hydrogens (tertiary/aromatic N) is 1. The summed E-state index contributed by atoms with van der Waals surface area (Å²) in [5.41, 5.74) is 1.30. The molecule has 0 spiro atoms. The maximum absolute atomic E-state index is 9.29. The van der Waals surface area contributed by atoms with E-state index in [2.05, 4.69) is 10.2 Å². The van der Waals surface area contributed by atoms with E-state index in [1.54, 1.807) is 12.1 Å². The molecule has 2 N–H and O–H groups in total. The van der Waals surface area contributed by atoms with Gasteiger partial charge in [0.15, 0.2) is 0 Å². The van der Waals surface area contributed by atoms with Gasteiger partial charge in [-0.05, 0) is 49.5 Å². The van der Waals surface area contributed by atoms with Gasteiger partial charge >= 0.3 is 0 Å². The van der Waals surface area contributed by atoms with Crippen molar-refractivity contribution >= 4 is 0 Å². The van der Waals surface area contributed by atoms with Crippen LogP contribution in [0.25, 0.3) is 0 Å². The SMILES string of the molecule is Oc1ccc(CN2CCCC3CNCC32)cc1. The Morgan fingerprint density at radius 1 is 1.24 bits per heavy atom. The third-order valence-corrected chi connectivity index (χ3v) is 4.12. The molecule has 3 nitrogen and oxygen atoms in total. The van der Waals surface area contributed by atoms with Gasteiger partial charge in [-0.3, -0.25) is 4.90 Å². The first-order valence-corrected chi connectivity index (χ1v) is 6.55. The van der Waals surface area contributed by atoms with Gasteiger partial charge in [0, 0.05) is 19.1 Å². The van der Waals surface area contributed by atoms with Crippen molar-refractivity contribution in [3.05, 3.63) is 29.8 Å². The highest BCUT2D eigenvalue weighted by Crippen LogP contribution is 2.27. The molecular weight excluding hydrogens is 212 g/mol. The number of fused-ring (bicyclic) bond motifs is 1. The van der Waals surface area contributed by atoms with Crippen molar-refractivity contribution in [3.8, 4) is 5.75 Å². The number of hydrogen-bond donors (Lipinski definition) is 2. The third kappa shape index (κ3) is 2.31. The molecule has 3 heteroatoms. The van der Waals surface area contributed by atoms with Gasteiger partial charge in [-0.25, -0.2) is 0 Å². The standard InChI is InChI=1S/C14H20N2O/c17-13-5-3-11(4-6-13)10-16-7-1-2-12-8-15-9-14(12)16/h3-6,12,14-15,17H,1-2,7-10H2. The van der Waals surface area contributed by atoms with Gasteiger partial charge in [-0.2, -0.15) is 0 Å². The average Bonchev–Trinajstić information content (AvgIpc) is 2.81. The lowest BCUT2D eigenvalue weighted by Crippen LogP contribution is -2.44. The number of phenols is 1. The van der Waals surface area contributed by atoms with Gasteiger partial charge in [-0.15, -0.1) is 0 Å². The van der Waals surface area contributed by atoms with E-state index in [0.717, 1.165) is 25.0 Å². The first kappa shape index (κ1) is 11.1. The Morgan fingerprint density at radius 2 is 2.06 bits per heavy atom. The summed E-state index contributed by atoms with van der Waals surface area (Å²) in [4.78, 5) is 2.60. The zero-order valence-electron chi connectivity index (χ0n) is 10.1. The quantitative estimate of drug-likeness (QED) is 0.812. The fourth-order valence-electron chi connectivity index (χ4n) is 3.20. The Hall–Kier alpha value is -1.06. The number of phenolic OH excluding ortho intramolecular Hbond substituents is 1. The number of rotatable bonds is 2. The van der Waals surface area contributed by atoms with Crippen molar-refractivity contribution in [3.63, 3.8) is 0 Å². The molecule has 3 rings (SSSR count). The Bertz CT molecular complexity index is 376. The monoisotopic (exact) mass is 232 g/mol. The van der Waals surface area contributed by atoms with Crippen molar-refractivity contribution in [2.75, 3.05) is 19.6 Å². The molecule has 0 amide bonds. The normalized spacial score (nSPS) is 29.2. The molecule has 2 saturated heterocycles. The maximum Gasteiger partial charge on any atom is 0.115 e. The van der Waals surface area contributed by atoms with Crippen LogP contribution in [0.15, 0.2) is 24.3 Å². The maximum atomic E-state index is 9.29. The van der Waals surface area contributed by atoms with Gasteiger partial charge in [0.25, 0.3) is 0 Å². The number of benzene rings is 1. The van der Waals surface area contributed by atoms with Crippen LogP contribution >= 0.6 is 0 Å². The highest BCUT2D eigenvalue weighted by molar-refractivity contribution is 5.25. The van der Waals surface area contributed by atoms with Crippen LogP contribution in [0.1, 0.15) is 18.4 Å². The van der Waals surface area contributed by atoms with E-state index in [-0.39, 0.29) is 0 Å². The summed E-state index contributed by atoms with van der Waals surface area (Å²) in [6.45, 7) is 4.56. The van der Waals surface area contributed by atoms with Crippen LogP contribution in [-0.2, 0) is 6.54 Å². The molecule has 17 heavy (non-hydrogen) atoms. The molecule has 0 aromatic heterocycles. The van der Waals surface area contributed by atoms with E-state index in [4.69, 9.17) is 0 Å². The smallest absolute Gasteiger partial charge is 0.115 e. The topological polar surface area (TPSA) is 35.5 Å². The van der Waals surface area contributed by atoms with Crippen molar-refractivity contribution in [2.45, 2.75) is 25.4 Å². The molecule has 0 saturated carbocycles. The van der Waals surface area contributed by atoms with E-state index in [9.17, 15) is 5.11 Å². The molecule has 2 unspecified atom stereocenters. The molecule has 1 aromatic rings. The minimum absolute atomic E-state index is 0.354. The zero-order valence-corrected chi connectivity index (χ0v) is 10.1. The molecule has 1 aromatic carbocycles. The summed E-state index contributed by atoms with van der Waals surface area (Å²) in [6, 6.07) is 8.34. The van der Waals surface area contributed by atoms with Crippen molar-refractivity contribution in [1.82, 2.24) is 10.2 Å². The Balaban J connectivity index is 1.69. The van der Waals surface area contributed by atoms with Crippen LogP contribution in [0.2, 0.25) is 0 Å². The fraction of sp³-hybridized carbons (Fsp3) is 0.571. The van der Waals surface area contributed by atoms with Crippen molar-refractivity contribution in [1.29, 1.82) is 0 Å². The molecule has 2 heterocycles. The Morgan fingerprint density at radius 3 is 2.88 bits per heavy atom. The number of aromatic hydroxyl groups is 1. The van der Waals surface area contributed by atoms with Crippen LogP contribution in [0.5, 0.6) is 5.75 Å². The Kier molecular flexibility index (Phi) is 3.04. The lowest BCUT2D eigenvalue weighted by Gasteiger charge is -2.37. The summed E-state index contributed by atoms with van der Waals surface area (Å²) in [5.74, 6) is 1.20. The van der Waals surface area contributed by atoms with Crippen LogP contribution < -0.4 is 5.32 Å². The first-order chi connectivity index (χ1) is 8.33. The second kappa shape index (κ2) is 4.67. The predicted molar refractivity (Wildman–Crippen MR) is 67.9 cm³/mol. The minimum atomic E-state index is 0.354. The van der Waals surface area contributed by atoms with E-state index in [1.807, 2.05) is 12.1 Å². The summed E-state index contributed by atoms with van der Waals surface area (Å²) in [7, 11) is 0. The summed E-state index contributed by atoms with van der Waals surface area (Å²) >= 11 is 0. The summed E-state index contributed by atoms with van der Waals surface area (Å²) in [5, 5.41) is 12.8. The van der Waals surface area contributed by atoms with Gasteiger partial charge in [0.05, 0.1) is 0 Å². The molecule has 0 bridgehead atoms. The lowest BCUT2D eigenvalue weighted by atomic mass is 9.91. The molecule has 2 atom stereocenters. The molecule has 2 aliphatic heterocycles. The minimum Gasteiger partial charge on any atom is -0.508 e. The third-order valence-electron chi connectivity index (χ3n) is 4.12. The van der Waals surface area contributed by atoms with E-state index >= 15 is 0 Å². The van der Waals surface area contributed by atoms with Crippen LogP contribution in [0.3, 0.4) is 0 Å². The van der Waals surface area contributed by atoms with Crippen molar-refractivity contribution < 1.29 is 5.11 Å². The average molecular weight is 232 g/mol.